The molecule has 1 aromatic rings. The topological polar surface area (TPSA) is 21.3 Å². The molecule has 94 valence electrons. The Kier molecular flexibility index (Phi) is 4.19. The van der Waals surface area contributed by atoms with Crippen molar-refractivity contribution in [1.29, 1.82) is 0 Å². The molecule has 3 atom stereocenters. The second-order valence-electron chi connectivity index (χ2n) is 5.22. The van der Waals surface area contributed by atoms with Crippen molar-refractivity contribution in [2.75, 3.05) is 0 Å². The van der Waals surface area contributed by atoms with Crippen molar-refractivity contribution in [3.8, 4) is 0 Å². The van der Waals surface area contributed by atoms with Crippen LogP contribution in [-0.2, 0) is 4.74 Å². The van der Waals surface area contributed by atoms with Gasteiger partial charge in [0.15, 0.2) is 0 Å². The molecule has 1 heterocycles. The first-order valence-electron chi connectivity index (χ1n) is 6.61. The van der Waals surface area contributed by atoms with Gasteiger partial charge in [0.2, 0.25) is 0 Å². The molecule has 2 unspecified atom stereocenters. The average Bonchev–Trinajstić information content (AvgIpc) is 2.28. The van der Waals surface area contributed by atoms with Crippen LogP contribution in [0.3, 0.4) is 0 Å². The highest BCUT2D eigenvalue weighted by atomic mass is 16.5. The van der Waals surface area contributed by atoms with Crippen LogP contribution in [0.1, 0.15) is 45.2 Å². The molecule has 1 fully saturated rings. The van der Waals surface area contributed by atoms with Crippen LogP contribution >= 0.6 is 0 Å². The molecule has 0 spiro atoms. The van der Waals surface area contributed by atoms with Crippen molar-refractivity contribution in [2.45, 2.75) is 57.9 Å². The highest BCUT2D eigenvalue weighted by Crippen LogP contribution is 2.22. The van der Waals surface area contributed by atoms with Crippen LogP contribution in [0.2, 0.25) is 0 Å². The third-order valence-electron chi connectivity index (χ3n) is 3.48. The molecule has 1 N–H and O–H groups in total. The number of rotatable bonds is 3. The monoisotopic (exact) mass is 233 g/mol. The molecule has 2 heteroatoms. The molecule has 0 aliphatic carbocycles. The van der Waals surface area contributed by atoms with E-state index in [0.717, 1.165) is 12.8 Å². The second kappa shape index (κ2) is 5.65. The summed E-state index contributed by atoms with van der Waals surface area (Å²) < 4.78 is 5.76. The number of hydrogen-bond acceptors (Lipinski definition) is 2. The van der Waals surface area contributed by atoms with Crippen molar-refractivity contribution >= 4 is 0 Å². The van der Waals surface area contributed by atoms with Gasteiger partial charge in [0.05, 0.1) is 12.2 Å². The van der Waals surface area contributed by atoms with Gasteiger partial charge in [-0.3, -0.25) is 0 Å². The maximum atomic E-state index is 5.76. The molecule has 0 saturated carbocycles. The predicted octanol–water partition coefficient (Wildman–Crippen LogP) is 3.29. The number of hydrogen-bond donors (Lipinski definition) is 1. The molecule has 0 radical (unpaired) electrons. The summed E-state index contributed by atoms with van der Waals surface area (Å²) in [6.07, 6.45) is 2.97. The quantitative estimate of drug-likeness (QED) is 0.865. The van der Waals surface area contributed by atoms with E-state index in [-0.39, 0.29) is 0 Å². The Balaban J connectivity index is 1.92. The van der Waals surface area contributed by atoms with Crippen molar-refractivity contribution in [3.63, 3.8) is 0 Å². The summed E-state index contributed by atoms with van der Waals surface area (Å²) in [5.41, 5.74) is 1.36. The largest absolute Gasteiger partial charge is 0.375 e. The van der Waals surface area contributed by atoms with Gasteiger partial charge in [-0.25, -0.2) is 0 Å². The van der Waals surface area contributed by atoms with Gasteiger partial charge in [-0.1, -0.05) is 30.3 Å². The fourth-order valence-corrected chi connectivity index (χ4v) is 2.73. The lowest BCUT2D eigenvalue weighted by Gasteiger charge is -2.34. The van der Waals surface area contributed by atoms with Crippen LogP contribution in [0, 0.1) is 0 Å². The SMILES string of the molecule is CC1CC(N[C@H](C)c2ccccc2)CC(C)O1. The van der Waals surface area contributed by atoms with Crippen LogP contribution in [0.15, 0.2) is 30.3 Å². The molecule has 1 aliphatic rings. The van der Waals surface area contributed by atoms with Crippen LogP contribution in [0.25, 0.3) is 0 Å². The highest BCUT2D eigenvalue weighted by molar-refractivity contribution is 5.18. The first-order valence-corrected chi connectivity index (χ1v) is 6.61. The van der Waals surface area contributed by atoms with E-state index in [2.05, 4.69) is 56.4 Å². The lowest BCUT2D eigenvalue weighted by atomic mass is 9.98. The third-order valence-corrected chi connectivity index (χ3v) is 3.48. The van der Waals surface area contributed by atoms with Gasteiger partial charge in [0.1, 0.15) is 0 Å². The van der Waals surface area contributed by atoms with Gasteiger partial charge in [-0.15, -0.1) is 0 Å². The third kappa shape index (κ3) is 3.55. The second-order valence-corrected chi connectivity index (χ2v) is 5.22. The van der Waals surface area contributed by atoms with Gasteiger partial charge in [-0.2, -0.15) is 0 Å². The maximum absolute atomic E-state index is 5.76. The minimum absolute atomic E-state index is 0.374. The smallest absolute Gasteiger partial charge is 0.0565 e. The first-order chi connectivity index (χ1) is 8.15. The summed E-state index contributed by atoms with van der Waals surface area (Å²) in [4.78, 5) is 0. The van der Waals surface area contributed by atoms with Crippen LogP contribution in [-0.4, -0.2) is 18.2 Å². The molecule has 2 rings (SSSR count). The van der Waals surface area contributed by atoms with Crippen molar-refractivity contribution < 1.29 is 4.74 Å². The van der Waals surface area contributed by atoms with E-state index >= 15 is 0 Å². The summed E-state index contributed by atoms with van der Waals surface area (Å²) in [5.74, 6) is 0. The van der Waals surface area contributed by atoms with Crippen molar-refractivity contribution in [1.82, 2.24) is 5.32 Å². The Labute approximate surface area is 104 Å². The van der Waals surface area contributed by atoms with E-state index in [1.54, 1.807) is 0 Å². The Hall–Kier alpha value is -0.860. The van der Waals surface area contributed by atoms with E-state index in [1.165, 1.54) is 5.56 Å². The molecule has 0 bridgehead atoms. The average molecular weight is 233 g/mol. The first kappa shape index (κ1) is 12.6. The molecule has 1 aliphatic heterocycles. The Bertz CT molecular complexity index is 328. The summed E-state index contributed by atoms with van der Waals surface area (Å²) in [5, 5.41) is 3.72. The zero-order valence-corrected chi connectivity index (χ0v) is 11.0. The zero-order chi connectivity index (χ0) is 12.3. The van der Waals surface area contributed by atoms with Crippen molar-refractivity contribution in [2.24, 2.45) is 0 Å². The summed E-state index contributed by atoms with van der Waals surface area (Å²) in [7, 11) is 0. The van der Waals surface area contributed by atoms with E-state index < -0.39 is 0 Å². The minimum Gasteiger partial charge on any atom is -0.375 e. The lowest BCUT2D eigenvalue weighted by Crippen LogP contribution is -2.42. The van der Waals surface area contributed by atoms with Gasteiger partial charge in [0, 0.05) is 12.1 Å². The number of benzene rings is 1. The molecule has 0 amide bonds. The molecule has 2 nitrogen and oxygen atoms in total. The lowest BCUT2D eigenvalue weighted by molar-refractivity contribution is -0.0433. The van der Waals surface area contributed by atoms with Crippen molar-refractivity contribution in [3.05, 3.63) is 35.9 Å². The Morgan fingerprint density at radius 1 is 1.12 bits per heavy atom. The van der Waals surface area contributed by atoms with Gasteiger partial charge in [0.25, 0.3) is 0 Å². The molecule has 1 saturated heterocycles. The molecular formula is C15H23NO. The van der Waals surface area contributed by atoms with Gasteiger partial charge < -0.3 is 10.1 Å². The van der Waals surface area contributed by atoms with Crippen LogP contribution in [0.4, 0.5) is 0 Å². The van der Waals surface area contributed by atoms with Crippen LogP contribution in [0.5, 0.6) is 0 Å². The molecule has 0 aromatic heterocycles. The fraction of sp³-hybridized carbons (Fsp3) is 0.600. The van der Waals surface area contributed by atoms with Gasteiger partial charge in [-0.05, 0) is 39.2 Å². The minimum atomic E-state index is 0.374. The Morgan fingerprint density at radius 2 is 1.71 bits per heavy atom. The maximum Gasteiger partial charge on any atom is 0.0565 e. The standard InChI is InChI=1S/C15H23NO/c1-11-9-15(10-12(2)17-11)16-13(3)14-7-5-4-6-8-14/h4-8,11-13,15-16H,9-10H2,1-3H3/t11?,12?,13-,15?/m1/s1. The molecular weight excluding hydrogens is 210 g/mol. The Morgan fingerprint density at radius 3 is 2.29 bits per heavy atom. The van der Waals surface area contributed by atoms with E-state index in [4.69, 9.17) is 4.74 Å². The fourth-order valence-electron chi connectivity index (χ4n) is 2.73. The highest BCUT2D eigenvalue weighted by Gasteiger charge is 2.25. The zero-order valence-electron chi connectivity index (χ0n) is 11.0. The molecule has 17 heavy (non-hydrogen) atoms. The summed E-state index contributed by atoms with van der Waals surface area (Å²) in [6, 6.07) is 11.6. The molecule has 1 aromatic carbocycles. The summed E-state index contributed by atoms with van der Waals surface area (Å²) >= 11 is 0. The predicted molar refractivity (Wildman–Crippen MR) is 71.0 cm³/mol. The van der Waals surface area contributed by atoms with E-state index in [0.29, 0.717) is 24.3 Å². The van der Waals surface area contributed by atoms with Crippen LogP contribution < -0.4 is 5.32 Å². The summed E-state index contributed by atoms with van der Waals surface area (Å²) in [6.45, 7) is 6.56. The van der Waals surface area contributed by atoms with Gasteiger partial charge >= 0.3 is 0 Å². The number of nitrogens with one attached hydrogen (secondary N) is 1. The van der Waals surface area contributed by atoms with E-state index in [1.807, 2.05) is 0 Å². The van der Waals surface area contributed by atoms with E-state index in [9.17, 15) is 0 Å². The normalized spacial score (nSPS) is 31.1. The number of ether oxygens (including phenoxy) is 1.